The van der Waals surface area contributed by atoms with E-state index in [1.807, 2.05) is 0 Å². The molecule has 0 radical (unpaired) electrons. The van der Waals surface area contributed by atoms with Crippen LogP contribution in [0.2, 0.25) is 5.02 Å². The van der Waals surface area contributed by atoms with Gasteiger partial charge in [-0.2, -0.15) is 13.2 Å². The van der Waals surface area contributed by atoms with Crippen LogP contribution in [-0.2, 0) is 15.8 Å². The molecule has 2 atom stereocenters. The average molecular weight is 383 g/mol. The summed E-state index contributed by atoms with van der Waals surface area (Å²) in [4.78, 5) is 24.3. The summed E-state index contributed by atoms with van der Waals surface area (Å²) < 4.78 is 38.9. The Hall–Kier alpha value is -2.54. The molecule has 0 aromatic heterocycles. The van der Waals surface area contributed by atoms with Gasteiger partial charge in [0.2, 0.25) is 11.8 Å². The van der Waals surface area contributed by atoms with E-state index in [-0.39, 0.29) is 11.6 Å². The summed E-state index contributed by atoms with van der Waals surface area (Å²) in [5, 5.41) is 5.46. The number of hydrogen-bond donors (Lipinski definition) is 2. The van der Waals surface area contributed by atoms with Crippen LogP contribution in [0.15, 0.2) is 48.5 Å². The Morgan fingerprint density at radius 1 is 0.923 bits per heavy atom. The minimum absolute atomic E-state index is 0.291. The lowest BCUT2D eigenvalue weighted by atomic mass is 10.1. The Morgan fingerprint density at radius 3 is 2.12 bits per heavy atom. The van der Waals surface area contributed by atoms with Crippen molar-refractivity contribution in [2.75, 3.05) is 10.6 Å². The molecule has 0 heterocycles. The molecule has 1 aliphatic rings. The second kappa shape index (κ2) is 6.99. The number of carbonyl (C=O) groups excluding carboxylic acids is 2. The highest BCUT2D eigenvalue weighted by molar-refractivity contribution is 6.30. The van der Waals surface area contributed by atoms with E-state index in [9.17, 15) is 22.8 Å². The molecule has 1 aliphatic carbocycles. The molecule has 0 aliphatic heterocycles. The summed E-state index contributed by atoms with van der Waals surface area (Å²) in [6.07, 6.45) is -4.28. The average Bonchev–Trinajstić information content (AvgIpc) is 3.37. The molecule has 0 bridgehead atoms. The summed E-state index contributed by atoms with van der Waals surface area (Å²) in [6.45, 7) is 0. The van der Waals surface area contributed by atoms with Crippen molar-refractivity contribution in [3.8, 4) is 0 Å². The quantitative estimate of drug-likeness (QED) is 0.813. The summed E-state index contributed by atoms with van der Waals surface area (Å²) in [5.41, 5.74) is -0.696. The van der Waals surface area contributed by atoms with Gasteiger partial charge in [0.25, 0.3) is 0 Å². The Morgan fingerprint density at radius 2 is 1.50 bits per heavy atom. The third-order valence-corrected chi connectivity index (χ3v) is 4.32. The Bertz CT molecular complexity index is 837. The van der Waals surface area contributed by atoms with E-state index in [4.69, 9.17) is 11.6 Å². The van der Waals surface area contributed by atoms with E-state index in [1.54, 1.807) is 24.3 Å². The van der Waals surface area contributed by atoms with Crippen LogP contribution < -0.4 is 10.6 Å². The number of benzene rings is 2. The van der Waals surface area contributed by atoms with Crippen molar-refractivity contribution in [1.29, 1.82) is 0 Å². The zero-order chi connectivity index (χ0) is 18.9. The van der Waals surface area contributed by atoms with Crippen molar-refractivity contribution in [1.82, 2.24) is 0 Å². The summed E-state index contributed by atoms with van der Waals surface area (Å²) in [5.74, 6) is -2.16. The van der Waals surface area contributed by atoms with Crippen molar-refractivity contribution < 1.29 is 22.8 Å². The Kier molecular flexibility index (Phi) is 4.91. The number of amides is 2. The first-order valence-corrected chi connectivity index (χ1v) is 8.17. The number of alkyl halides is 3. The maximum Gasteiger partial charge on any atom is 0.418 e. The Balaban J connectivity index is 1.61. The second-order valence-electron chi connectivity index (χ2n) is 5.98. The highest BCUT2D eigenvalue weighted by Gasteiger charge is 2.48. The van der Waals surface area contributed by atoms with Gasteiger partial charge in [-0.05, 0) is 42.8 Å². The zero-order valence-corrected chi connectivity index (χ0v) is 14.1. The molecular weight excluding hydrogens is 369 g/mol. The van der Waals surface area contributed by atoms with E-state index < -0.39 is 29.5 Å². The molecule has 1 fully saturated rings. The van der Waals surface area contributed by atoms with E-state index in [0.29, 0.717) is 17.1 Å². The van der Waals surface area contributed by atoms with Gasteiger partial charge in [0.05, 0.1) is 23.1 Å². The fourth-order valence-corrected chi connectivity index (χ4v) is 2.73. The topological polar surface area (TPSA) is 58.2 Å². The van der Waals surface area contributed by atoms with Crippen LogP contribution in [0.3, 0.4) is 0 Å². The number of rotatable bonds is 4. The number of nitrogens with one attached hydrogen (secondary N) is 2. The predicted octanol–water partition coefficient (Wildman–Crippen LogP) is 4.57. The molecule has 1 saturated carbocycles. The van der Waals surface area contributed by atoms with E-state index >= 15 is 0 Å². The standard InChI is InChI=1S/C18H14ClF3N2O2/c19-10-5-7-11(8-6-10)23-16(25)12-9-13(12)17(26)24-15-4-2-1-3-14(15)18(20,21)22/h1-8,12-13H,9H2,(H,23,25)(H,24,26). The van der Waals surface area contributed by atoms with Crippen molar-refractivity contribution in [3.05, 3.63) is 59.1 Å². The summed E-state index contributed by atoms with van der Waals surface area (Å²) in [6, 6.07) is 11.2. The molecule has 2 unspecified atom stereocenters. The fraction of sp³-hybridized carbons (Fsp3) is 0.222. The van der Waals surface area contributed by atoms with Crippen LogP contribution in [0, 0.1) is 11.8 Å². The van der Waals surface area contributed by atoms with E-state index in [1.165, 1.54) is 18.2 Å². The second-order valence-corrected chi connectivity index (χ2v) is 6.41. The highest BCUT2D eigenvalue weighted by atomic mass is 35.5. The van der Waals surface area contributed by atoms with Gasteiger partial charge < -0.3 is 10.6 Å². The summed E-state index contributed by atoms with van der Waals surface area (Å²) >= 11 is 5.76. The SMILES string of the molecule is O=C(Nc1ccc(Cl)cc1)C1CC1C(=O)Nc1ccccc1C(F)(F)F. The lowest BCUT2D eigenvalue weighted by molar-refractivity contribution is -0.137. The number of halogens is 4. The Labute approximate surface area is 152 Å². The molecule has 4 nitrogen and oxygen atoms in total. The minimum Gasteiger partial charge on any atom is -0.326 e. The molecule has 26 heavy (non-hydrogen) atoms. The number of para-hydroxylation sites is 1. The molecule has 136 valence electrons. The molecule has 2 aromatic rings. The summed E-state index contributed by atoms with van der Waals surface area (Å²) in [7, 11) is 0. The molecule has 2 aromatic carbocycles. The normalized spacial score (nSPS) is 18.9. The first-order valence-electron chi connectivity index (χ1n) is 7.79. The molecule has 2 amide bonds. The van der Waals surface area contributed by atoms with Crippen molar-refractivity contribution >= 4 is 34.8 Å². The number of anilines is 2. The first kappa shape index (κ1) is 18.3. The van der Waals surface area contributed by atoms with Gasteiger partial charge in [0.15, 0.2) is 0 Å². The van der Waals surface area contributed by atoms with Gasteiger partial charge in [0, 0.05) is 10.7 Å². The van der Waals surface area contributed by atoms with Gasteiger partial charge >= 0.3 is 6.18 Å². The molecule has 0 saturated heterocycles. The van der Waals surface area contributed by atoms with Crippen molar-refractivity contribution in [3.63, 3.8) is 0 Å². The highest BCUT2D eigenvalue weighted by Crippen LogP contribution is 2.41. The lowest BCUT2D eigenvalue weighted by Gasteiger charge is -2.13. The van der Waals surface area contributed by atoms with Crippen LogP contribution in [0.4, 0.5) is 24.5 Å². The number of carbonyl (C=O) groups is 2. The maximum absolute atomic E-state index is 13.0. The molecule has 2 N–H and O–H groups in total. The fourth-order valence-electron chi connectivity index (χ4n) is 2.61. The third kappa shape index (κ3) is 4.16. The zero-order valence-electron chi connectivity index (χ0n) is 13.3. The van der Waals surface area contributed by atoms with Gasteiger partial charge in [-0.1, -0.05) is 23.7 Å². The van der Waals surface area contributed by atoms with Crippen molar-refractivity contribution in [2.45, 2.75) is 12.6 Å². The molecule has 0 spiro atoms. The molecule has 8 heteroatoms. The van der Waals surface area contributed by atoms with Gasteiger partial charge in [-0.25, -0.2) is 0 Å². The van der Waals surface area contributed by atoms with E-state index in [0.717, 1.165) is 6.07 Å². The van der Waals surface area contributed by atoms with Crippen LogP contribution in [0.5, 0.6) is 0 Å². The first-order chi connectivity index (χ1) is 12.3. The minimum atomic E-state index is -4.57. The maximum atomic E-state index is 13.0. The third-order valence-electron chi connectivity index (χ3n) is 4.07. The number of hydrogen-bond acceptors (Lipinski definition) is 2. The van der Waals surface area contributed by atoms with Gasteiger partial charge in [-0.3, -0.25) is 9.59 Å². The van der Waals surface area contributed by atoms with Crippen molar-refractivity contribution in [2.24, 2.45) is 11.8 Å². The van der Waals surface area contributed by atoms with E-state index in [2.05, 4.69) is 10.6 Å². The lowest BCUT2D eigenvalue weighted by Crippen LogP contribution is -2.22. The van der Waals surface area contributed by atoms with Crippen LogP contribution >= 0.6 is 11.6 Å². The van der Waals surface area contributed by atoms with Crippen LogP contribution in [-0.4, -0.2) is 11.8 Å². The monoisotopic (exact) mass is 382 g/mol. The largest absolute Gasteiger partial charge is 0.418 e. The van der Waals surface area contributed by atoms with Crippen LogP contribution in [0.25, 0.3) is 0 Å². The molecule has 3 rings (SSSR count). The molecular formula is C18H14ClF3N2O2. The van der Waals surface area contributed by atoms with Gasteiger partial charge in [-0.15, -0.1) is 0 Å². The van der Waals surface area contributed by atoms with Gasteiger partial charge in [0.1, 0.15) is 0 Å². The smallest absolute Gasteiger partial charge is 0.326 e. The van der Waals surface area contributed by atoms with Crippen LogP contribution in [0.1, 0.15) is 12.0 Å². The predicted molar refractivity (Wildman–Crippen MR) is 91.8 cm³/mol.